The summed E-state index contributed by atoms with van der Waals surface area (Å²) in [6, 6.07) is 16.4. The van der Waals surface area contributed by atoms with Crippen molar-refractivity contribution in [1.29, 1.82) is 0 Å². The number of carbonyl (C=O) groups is 1. The van der Waals surface area contributed by atoms with Gasteiger partial charge in [0.2, 0.25) is 15.9 Å². The van der Waals surface area contributed by atoms with Gasteiger partial charge in [-0.2, -0.15) is 0 Å². The van der Waals surface area contributed by atoms with Crippen molar-refractivity contribution >= 4 is 15.9 Å². The first-order valence-corrected chi connectivity index (χ1v) is 10.7. The van der Waals surface area contributed by atoms with E-state index in [0.29, 0.717) is 13.0 Å². The molecule has 0 unspecified atom stereocenters. The molecule has 2 rings (SSSR count). The molecule has 0 saturated heterocycles. The van der Waals surface area contributed by atoms with E-state index in [0.717, 1.165) is 12.0 Å². The van der Waals surface area contributed by atoms with Crippen LogP contribution in [0.25, 0.3) is 0 Å². The lowest BCUT2D eigenvalue weighted by Crippen LogP contribution is -2.31. The standard InChI is InChI=1S/C21H28N2O3S/c1-4-20(18-14-12-17(2)13-15-18)22-21(24)11-8-16-23(3)27(25,26)19-9-6-5-7-10-19/h5-7,9-10,12-15,20H,4,8,11,16H2,1-3H3,(H,22,24)/t20-/m0/s1. The summed E-state index contributed by atoms with van der Waals surface area (Å²) >= 11 is 0. The maximum absolute atomic E-state index is 12.5. The molecule has 0 bridgehead atoms. The van der Waals surface area contributed by atoms with Crippen molar-refractivity contribution in [3.05, 3.63) is 65.7 Å². The fourth-order valence-electron chi connectivity index (χ4n) is 2.84. The monoisotopic (exact) mass is 388 g/mol. The van der Waals surface area contributed by atoms with Crippen LogP contribution in [0.4, 0.5) is 0 Å². The first-order chi connectivity index (χ1) is 12.8. The van der Waals surface area contributed by atoms with Gasteiger partial charge in [0.25, 0.3) is 0 Å². The van der Waals surface area contributed by atoms with Gasteiger partial charge in [0, 0.05) is 20.0 Å². The highest BCUT2D eigenvalue weighted by Crippen LogP contribution is 2.18. The lowest BCUT2D eigenvalue weighted by atomic mass is 10.0. The quantitative estimate of drug-likeness (QED) is 0.713. The number of amides is 1. The molecular weight excluding hydrogens is 360 g/mol. The highest BCUT2D eigenvalue weighted by atomic mass is 32.2. The van der Waals surface area contributed by atoms with E-state index in [9.17, 15) is 13.2 Å². The Hall–Kier alpha value is -2.18. The molecule has 0 spiro atoms. The minimum atomic E-state index is -3.51. The van der Waals surface area contributed by atoms with Crippen LogP contribution in [0.2, 0.25) is 0 Å². The number of rotatable bonds is 9. The number of nitrogens with zero attached hydrogens (tertiary/aromatic N) is 1. The number of hydrogen-bond acceptors (Lipinski definition) is 3. The van der Waals surface area contributed by atoms with E-state index < -0.39 is 10.0 Å². The molecule has 0 fully saturated rings. The van der Waals surface area contributed by atoms with Gasteiger partial charge in [-0.1, -0.05) is 55.0 Å². The molecule has 0 aromatic heterocycles. The van der Waals surface area contributed by atoms with Crippen molar-refractivity contribution < 1.29 is 13.2 Å². The van der Waals surface area contributed by atoms with Gasteiger partial charge < -0.3 is 5.32 Å². The average Bonchev–Trinajstić information content (AvgIpc) is 2.67. The van der Waals surface area contributed by atoms with Crippen molar-refractivity contribution in [2.24, 2.45) is 0 Å². The van der Waals surface area contributed by atoms with E-state index >= 15 is 0 Å². The fraction of sp³-hybridized carbons (Fsp3) is 0.381. The van der Waals surface area contributed by atoms with Crippen molar-refractivity contribution in [3.63, 3.8) is 0 Å². The normalized spacial score (nSPS) is 12.7. The minimum absolute atomic E-state index is 0.0242. The van der Waals surface area contributed by atoms with Crippen LogP contribution in [0.15, 0.2) is 59.5 Å². The predicted octanol–water partition coefficient (Wildman–Crippen LogP) is 3.66. The Morgan fingerprint density at radius 3 is 2.30 bits per heavy atom. The van der Waals surface area contributed by atoms with Gasteiger partial charge in [-0.25, -0.2) is 12.7 Å². The van der Waals surface area contributed by atoms with E-state index in [-0.39, 0.29) is 23.3 Å². The maximum Gasteiger partial charge on any atom is 0.242 e. The van der Waals surface area contributed by atoms with E-state index in [1.54, 1.807) is 37.4 Å². The van der Waals surface area contributed by atoms with Crippen LogP contribution >= 0.6 is 0 Å². The van der Waals surface area contributed by atoms with E-state index in [4.69, 9.17) is 0 Å². The molecule has 0 saturated carbocycles. The van der Waals surface area contributed by atoms with Crippen molar-refractivity contribution in [2.45, 2.75) is 44.0 Å². The number of sulfonamides is 1. The highest BCUT2D eigenvalue weighted by Gasteiger charge is 2.20. The number of aryl methyl sites for hydroxylation is 1. The summed E-state index contributed by atoms with van der Waals surface area (Å²) in [6.45, 7) is 4.36. The Kier molecular flexibility index (Phi) is 7.56. The zero-order chi connectivity index (χ0) is 19.9. The molecule has 0 aliphatic heterocycles. The second kappa shape index (κ2) is 9.67. The topological polar surface area (TPSA) is 66.5 Å². The first kappa shape index (κ1) is 21.1. The zero-order valence-corrected chi connectivity index (χ0v) is 17.0. The lowest BCUT2D eigenvalue weighted by molar-refractivity contribution is -0.122. The smallest absolute Gasteiger partial charge is 0.242 e. The summed E-state index contributed by atoms with van der Waals surface area (Å²) in [5.74, 6) is -0.0621. The Morgan fingerprint density at radius 2 is 1.70 bits per heavy atom. The fourth-order valence-corrected chi connectivity index (χ4v) is 4.07. The lowest BCUT2D eigenvalue weighted by Gasteiger charge is -2.19. The van der Waals surface area contributed by atoms with Crippen LogP contribution in [0, 0.1) is 6.92 Å². The average molecular weight is 389 g/mol. The Bertz CT molecular complexity index is 833. The van der Waals surface area contributed by atoms with Crippen molar-refractivity contribution in [2.75, 3.05) is 13.6 Å². The molecule has 0 aliphatic rings. The van der Waals surface area contributed by atoms with Gasteiger partial charge >= 0.3 is 0 Å². The molecule has 1 N–H and O–H groups in total. The highest BCUT2D eigenvalue weighted by molar-refractivity contribution is 7.89. The molecule has 0 aliphatic carbocycles. The first-order valence-electron chi connectivity index (χ1n) is 9.22. The van der Waals surface area contributed by atoms with Crippen LogP contribution in [0.5, 0.6) is 0 Å². The summed E-state index contributed by atoms with van der Waals surface area (Å²) in [4.78, 5) is 12.5. The van der Waals surface area contributed by atoms with Gasteiger partial charge in [0.1, 0.15) is 0 Å². The van der Waals surface area contributed by atoms with Crippen LogP contribution < -0.4 is 5.32 Å². The van der Waals surface area contributed by atoms with Gasteiger partial charge in [0.15, 0.2) is 0 Å². The third kappa shape index (κ3) is 5.91. The number of hydrogen-bond donors (Lipinski definition) is 1. The van der Waals surface area contributed by atoms with Gasteiger partial charge in [-0.15, -0.1) is 0 Å². The van der Waals surface area contributed by atoms with E-state index in [1.165, 1.54) is 9.87 Å². The molecule has 5 nitrogen and oxygen atoms in total. The maximum atomic E-state index is 12.5. The third-order valence-electron chi connectivity index (χ3n) is 4.55. The van der Waals surface area contributed by atoms with Crippen LogP contribution in [-0.4, -0.2) is 32.2 Å². The van der Waals surface area contributed by atoms with E-state index in [2.05, 4.69) is 5.32 Å². The molecular formula is C21H28N2O3S. The van der Waals surface area contributed by atoms with Gasteiger partial charge in [-0.05, 0) is 37.5 Å². The molecule has 2 aromatic carbocycles. The molecule has 146 valence electrons. The summed E-state index contributed by atoms with van der Waals surface area (Å²) < 4.78 is 26.2. The third-order valence-corrected chi connectivity index (χ3v) is 6.42. The Balaban J connectivity index is 1.85. The number of benzene rings is 2. The summed E-state index contributed by atoms with van der Waals surface area (Å²) in [6.07, 6.45) is 1.56. The second-order valence-corrected chi connectivity index (χ2v) is 8.73. The van der Waals surface area contributed by atoms with Crippen molar-refractivity contribution in [3.8, 4) is 0 Å². The summed E-state index contributed by atoms with van der Waals surface area (Å²) in [7, 11) is -1.97. The van der Waals surface area contributed by atoms with Crippen LogP contribution in [0.1, 0.15) is 43.4 Å². The summed E-state index contributed by atoms with van der Waals surface area (Å²) in [5.41, 5.74) is 2.27. The van der Waals surface area contributed by atoms with Gasteiger partial charge in [-0.3, -0.25) is 4.79 Å². The molecule has 2 aromatic rings. The Labute approximate surface area is 162 Å². The molecule has 0 heterocycles. The van der Waals surface area contributed by atoms with Crippen LogP contribution in [-0.2, 0) is 14.8 Å². The van der Waals surface area contributed by atoms with Crippen molar-refractivity contribution in [1.82, 2.24) is 9.62 Å². The molecule has 27 heavy (non-hydrogen) atoms. The zero-order valence-electron chi connectivity index (χ0n) is 16.2. The molecule has 6 heteroatoms. The van der Waals surface area contributed by atoms with Crippen LogP contribution in [0.3, 0.4) is 0 Å². The molecule has 1 atom stereocenters. The molecule has 1 amide bonds. The molecule has 0 radical (unpaired) electrons. The summed E-state index contributed by atoms with van der Waals surface area (Å²) in [5, 5.41) is 3.04. The number of nitrogens with one attached hydrogen (secondary N) is 1. The van der Waals surface area contributed by atoms with E-state index in [1.807, 2.05) is 38.1 Å². The minimum Gasteiger partial charge on any atom is -0.349 e. The SMILES string of the molecule is CC[C@H](NC(=O)CCCN(C)S(=O)(=O)c1ccccc1)c1ccc(C)cc1. The van der Waals surface area contributed by atoms with Gasteiger partial charge in [0.05, 0.1) is 10.9 Å². The Morgan fingerprint density at radius 1 is 1.07 bits per heavy atom. The number of carbonyl (C=O) groups excluding carboxylic acids is 1. The predicted molar refractivity (Wildman–Crippen MR) is 108 cm³/mol. The largest absolute Gasteiger partial charge is 0.349 e. The second-order valence-electron chi connectivity index (χ2n) is 6.68.